The number of thiazole rings is 1. The number of sulfonamides is 1. The SMILES string of the molecule is CCc1ccc(-c2cnc(N3CCN(S(=O)(=O)C4(C(=O)NO)CCOCC4)CC3)s2)cc1.Cl. The molecule has 0 unspecified atom stereocenters. The van der Waals surface area contributed by atoms with Crippen LogP contribution in [0.3, 0.4) is 0 Å². The molecule has 1 amide bonds. The Kier molecular flexibility index (Phi) is 8.35. The molecule has 2 fully saturated rings. The Hall–Kier alpha value is -1.76. The molecule has 0 aliphatic carbocycles. The van der Waals surface area contributed by atoms with Crippen LogP contribution >= 0.6 is 23.7 Å². The Balaban J connectivity index is 0.00000306. The number of aromatic nitrogens is 1. The van der Waals surface area contributed by atoms with E-state index in [1.165, 1.54) is 9.87 Å². The summed E-state index contributed by atoms with van der Waals surface area (Å²) in [5, 5.41) is 10.0. The minimum absolute atomic E-state index is 0. The number of nitrogens with one attached hydrogen (secondary N) is 1. The predicted molar refractivity (Wildman–Crippen MR) is 130 cm³/mol. The third-order valence-corrected chi connectivity index (χ3v) is 10.0. The van der Waals surface area contributed by atoms with Crippen molar-refractivity contribution in [2.75, 3.05) is 44.3 Å². The second-order valence-electron chi connectivity index (χ2n) is 8.00. The lowest BCUT2D eigenvalue weighted by atomic mass is 9.98. The van der Waals surface area contributed by atoms with Gasteiger partial charge in [-0.2, -0.15) is 4.31 Å². The summed E-state index contributed by atoms with van der Waals surface area (Å²) in [6, 6.07) is 8.43. The lowest BCUT2D eigenvalue weighted by Crippen LogP contribution is -2.62. The number of aryl methyl sites for hydroxylation is 1. The highest BCUT2D eigenvalue weighted by Crippen LogP contribution is 2.35. The Morgan fingerprint density at radius 2 is 1.82 bits per heavy atom. The summed E-state index contributed by atoms with van der Waals surface area (Å²) in [6.07, 6.45) is 2.89. The molecule has 0 saturated carbocycles. The van der Waals surface area contributed by atoms with E-state index in [2.05, 4.69) is 41.1 Å². The number of ether oxygens (including phenoxy) is 1. The van der Waals surface area contributed by atoms with E-state index in [1.807, 2.05) is 6.20 Å². The number of anilines is 1. The summed E-state index contributed by atoms with van der Waals surface area (Å²) in [5.74, 6) is -0.887. The second-order valence-corrected chi connectivity index (χ2v) is 11.3. The summed E-state index contributed by atoms with van der Waals surface area (Å²) in [7, 11) is -3.97. The van der Waals surface area contributed by atoms with Gasteiger partial charge in [0.2, 0.25) is 10.0 Å². The van der Waals surface area contributed by atoms with Gasteiger partial charge < -0.3 is 9.64 Å². The molecule has 1 aromatic heterocycles. The fourth-order valence-electron chi connectivity index (χ4n) is 4.22. The van der Waals surface area contributed by atoms with E-state index < -0.39 is 20.7 Å². The zero-order valence-electron chi connectivity index (χ0n) is 18.4. The Labute approximate surface area is 204 Å². The maximum atomic E-state index is 13.4. The average molecular weight is 517 g/mol. The topological polar surface area (TPSA) is 112 Å². The van der Waals surface area contributed by atoms with Crippen LogP contribution in [0.2, 0.25) is 0 Å². The minimum atomic E-state index is -3.97. The molecule has 4 rings (SSSR count). The lowest BCUT2D eigenvalue weighted by molar-refractivity contribution is -0.134. The van der Waals surface area contributed by atoms with E-state index >= 15 is 0 Å². The predicted octanol–water partition coefficient (Wildman–Crippen LogP) is 2.30. The van der Waals surface area contributed by atoms with E-state index in [0.29, 0.717) is 13.1 Å². The van der Waals surface area contributed by atoms with E-state index in [9.17, 15) is 18.4 Å². The van der Waals surface area contributed by atoms with Crippen LogP contribution in [-0.2, 0) is 26.0 Å². The van der Waals surface area contributed by atoms with Gasteiger partial charge in [-0.1, -0.05) is 42.5 Å². The summed E-state index contributed by atoms with van der Waals surface area (Å²) in [5.41, 5.74) is 3.96. The van der Waals surface area contributed by atoms with Gasteiger partial charge in [-0.15, -0.1) is 12.4 Å². The molecule has 0 bridgehead atoms. The molecule has 1 aromatic carbocycles. The number of amides is 1. The van der Waals surface area contributed by atoms with Crippen LogP contribution in [-0.4, -0.2) is 73.0 Å². The van der Waals surface area contributed by atoms with Gasteiger partial charge >= 0.3 is 0 Å². The average Bonchev–Trinajstić information content (AvgIpc) is 3.34. The van der Waals surface area contributed by atoms with Gasteiger partial charge in [0.25, 0.3) is 5.91 Å². The van der Waals surface area contributed by atoms with E-state index in [1.54, 1.807) is 16.8 Å². The van der Waals surface area contributed by atoms with Gasteiger partial charge in [0.05, 0.1) is 4.88 Å². The molecular formula is C21H29ClN4O5S2. The number of benzene rings is 1. The molecule has 9 nitrogen and oxygen atoms in total. The van der Waals surface area contributed by atoms with Gasteiger partial charge in [-0.05, 0) is 17.5 Å². The molecule has 2 aliphatic rings. The van der Waals surface area contributed by atoms with Crippen LogP contribution in [0.1, 0.15) is 25.3 Å². The smallest absolute Gasteiger partial charge is 0.266 e. The number of piperazine rings is 1. The molecule has 2 saturated heterocycles. The second kappa shape index (κ2) is 10.7. The standard InChI is InChI=1S/C21H28N4O5S2.ClH/c1-2-16-3-5-17(6-4-16)18-15-22-20(31-18)24-9-11-25(12-10-24)32(28,29)21(19(26)23-27)7-13-30-14-8-21;/h3-6,15,27H,2,7-14H2,1H3,(H,23,26);1H. The van der Waals surface area contributed by atoms with Crippen LogP contribution < -0.4 is 10.4 Å². The summed E-state index contributed by atoms with van der Waals surface area (Å²) in [6.45, 7) is 3.91. The van der Waals surface area contributed by atoms with Crippen molar-refractivity contribution in [1.29, 1.82) is 0 Å². The number of carbonyl (C=O) groups excluding carboxylic acids is 1. The van der Waals surface area contributed by atoms with Crippen molar-refractivity contribution in [2.45, 2.75) is 30.9 Å². The lowest BCUT2D eigenvalue weighted by Gasteiger charge is -2.41. The van der Waals surface area contributed by atoms with Crippen molar-refractivity contribution < 1.29 is 23.2 Å². The highest BCUT2D eigenvalue weighted by atomic mass is 35.5. The molecule has 0 radical (unpaired) electrons. The Morgan fingerprint density at radius 3 is 2.39 bits per heavy atom. The molecule has 3 heterocycles. The molecule has 0 spiro atoms. The zero-order chi connectivity index (χ0) is 22.8. The van der Waals surface area contributed by atoms with Crippen molar-refractivity contribution in [3.05, 3.63) is 36.0 Å². The number of halogens is 1. The molecule has 2 aromatic rings. The van der Waals surface area contributed by atoms with Gasteiger partial charge in [0.1, 0.15) is 0 Å². The van der Waals surface area contributed by atoms with Crippen LogP contribution in [0, 0.1) is 0 Å². The monoisotopic (exact) mass is 516 g/mol. The summed E-state index contributed by atoms with van der Waals surface area (Å²) in [4.78, 5) is 20.1. The molecule has 0 atom stereocenters. The van der Waals surface area contributed by atoms with Gasteiger partial charge in [-0.25, -0.2) is 18.9 Å². The van der Waals surface area contributed by atoms with Crippen LogP contribution in [0.4, 0.5) is 5.13 Å². The van der Waals surface area contributed by atoms with Crippen molar-refractivity contribution >= 4 is 44.8 Å². The normalized spacial score (nSPS) is 19.0. The van der Waals surface area contributed by atoms with Crippen molar-refractivity contribution in [2.24, 2.45) is 0 Å². The number of carbonyl (C=O) groups is 1. The van der Waals surface area contributed by atoms with Crippen LogP contribution in [0.5, 0.6) is 0 Å². The van der Waals surface area contributed by atoms with Gasteiger partial charge in [-0.3, -0.25) is 10.0 Å². The fourth-order valence-corrected chi connectivity index (χ4v) is 7.30. The van der Waals surface area contributed by atoms with E-state index in [0.717, 1.165) is 22.0 Å². The quantitative estimate of drug-likeness (QED) is 0.447. The summed E-state index contributed by atoms with van der Waals surface area (Å²) < 4.78 is 31.8. The third-order valence-electron chi connectivity index (χ3n) is 6.30. The maximum Gasteiger partial charge on any atom is 0.266 e. The van der Waals surface area contributed by atoms with Crippen LogP contribution in [0.25, 0.3) is 10.4 Å². The first-order chi connectivity index (χ1) is 15.4. The molecule has 2 N–H and O–H groups in total. The largest absolute Gasteiger partial charge is 0.381 e. The number of hydrogen-bond donors (Lipinski definition) is 2. The highest BCUT2D eigenvalue weighted by Gasteiger charge is 2.54. The third kappa shape index (κ3) is 4.89. The molecule has 2 aliphatic heterocycles. The number of nitrogens with zero attached hydrogens (tertiary/aromatic N) is 3. The molecule has 182 valence electrons. The van der Waals surface area contributed by atoms with Crippen LogP contribution in [0.15, 0.2) is 30.5 Å². The first-order valence-corrected chi connectivity index (χ1v) is 13.0. The summed E-state index contributed by atoms with van der Waals surface area (Å²) >= 11 is 1.58. The number of rotatable bonds is 6. The number of hydroxylamine groups is 1. The molecule has 12 heteroatoms. The first-order valence-electron chi connectivity index (χ1n) is 10.7. The highest BCUT2D eigenvalue weighted by molar-refractivity contribution is 7.91. The van der Waals surface area contributed by atoms with E-state index in [4.69, 9.17) is 4.74 Å². The molecule has 33 heavy (non-hydrogen) atoms. The number of hydrogen-bond acceptors (Lipinski definition) is 8. The Bertz CT molecular complexity index is 1050. The van der Waals surface area contributed by atoms with E-state index in [-0.39, 0.29) is 51.6 Å². The zero-order valence-corrected chi connectivity index (χ0v) is 20.8. The first kappa shape index (κ1) is 25.9. The van der Waals surface area contributed by atoms with Gasteiger partial charge in [0, 0.05) is 58.4 Å². The van der Waals surface area contributed by atoms with Gasteiger partial charge in [0.15, 0.2) is 9.88 Å². The minimum Gasteiger partial charge on any atom is -0.381 e. The fraction of sp³-hybridized carbons (Fsp3) is 0.524. The van der Waals surface area contributed by atoms with Crippen molar-refractivity contribution in [1.82, 2.24) is 14.8 Å². The maximum absolute atomic E-state index is 13.4. The van der Waals surface area contributed by atoms with Crippen molar-refractivity contribution in [3.8, 4) is 10.4 Å². The molecular weight excluding hydrogens is 488 g/mol. The Morgan fingerprint density at radius 1 is 1.18 bits per heavy atom. The van der Waals surface area contributed by atoms with Crippen molar-refractivity contribution in [3.63, 3.8) is 0 Å².